The minimum absolute atomic E-state index is 0.0931. The van der Waals surface area contributed by atoms with Crippen LogP contribution < -0.4 is 5.32 Å². The van der Waals surface area contributed by atoms with Crippen molar-refractivity contribution in [1.29, 1.82) is 0 Å². The number of anilines is 1. The topological polar surface area (TPSA) is 50.2 Å². The highest BCUT2D eigenvalue weighted by Crippen LogP contribution is 2.19. The van der Waals surface area contributed by atoms with E-state index in [0.717, 1.165) is 38.3 Å². The van der Waals surface area contributed by atoms with E-state index in [1.807, 2.05) is 19.3 Å². The van der Waals surface area contributed by atoms with Crippen LogP contribution in [0.1, 0.15) is 18.7 Å². The molecular weight excluding hydrogens is 307 g/mol. The van der Waals surface area contributed by atoms with Gasteiger partial charge in [0.15, 0.2) is 0 Å². The second-order valence-corrected chi connectivity index (χ2v) is 6.40. The van der Waals surface area contributed by atoms with Gasteiger partial charge in [-0.1, -0.05) is 6.07 Å². The number of aryl methyl sites for hydroxylation is 1. The van der Waals surface area contributed by atoms with Gasteiger partial charge in [-0.3, -0.25) is 9.69 Å². The zero-order valence-corrected chi connectivity index (χ0v) is 13.9. The van der Waals surface area contributed by atoms with Crippen LogP contribution in [0.2, 0.25) is 0 Å². The number of amides is 1. The summed E-state index contributed by atoms with van der Waals surface area (Å²) >= 11 is 0. The van der Waals surface area contributed by atoms with Crippen molar-refractivity contribution >= 4 is 11.6 Å². The Labute approximate surface area is 141 Å². The number of imidazole rings is 1. The summed E-state index contributed by atoms with van der Waals surface area (Å²) in [4.78, 5) is 18.5. The second kappa shape index (κ2) is 7.57. The van der Waals surface area contributed by atoms with Crippen molar-refractivity contribution in [3.8, 4) is 0 Å². The summed E-state index contributed by atoms with van der Waals surface area (Å²) in [6.07, 6.45) is 6.01. The molecule has 0 unspecified atom stereocenters. The van der Waals surface area contributed by atoms with Gasteiger partial charge in [0.2, 0.25) is 5.91 Å². The van der Waals surface area contributed by atoms with E-state index >= 15 is 0 Å². The SMILES string of the molecule is Cc1nccn1CC1CCN(CC(=O)Nc2cccc(F)c2)CC1. The summed E-state index contributed by atoms with van der Waals surface area (Å²) in [5.74, 6) is 1.24. The highest BCUT2D eigenvalue weighted by Gasteiger charge is 2.21. The Balaban J connectivity index is 1.43. The molecule has 0 bridgehead atoms. The Morgan fingerprint density at radius 2 is 2.17 bits per heavy atom. The lowest BCUT2D eigenvalue weighted by molar-refractivity contribution is -0.117. The van der Waals surface area contributed by atoms with Gasteiger partial charge in [-0.2, -0.15) is 0 Å². The first-order valence-electron chi connectivity index (χ1n) is 8.35. The Morgan fingerprint density at radius 3 is 2.83 bits per heavy atom. The van der Waals surface area contributed by atoms with Gasteiger partial charge >= 0.3 is 0 Å². The molecule has 5 nitrogen and oxygen atoms in total. The van der Waals surface area contributed by atoms with Crippen molar-refractivity contribution in [2.45, 2.75) is 26.3 Å². The molecule has 1 N–H and O–H groups in total. The van der Waals surface area contributed by atoms with Crippen LogP contribution in [-0.4, -0.2) is 40.0 Å². The molecule has 1 saturated heterocycles. The number of piperidine rings is 1. The zero-order chi connectivity index (χ0) is 16.9. The average Bonchev–Trinajstić information content (AvgIpc) is 2.94. The predicted molar refractivity (Wildman–Crippen MR) is 91.2 cm³/mol. The summed E-state index contributed by atoms with van der Waals surface area (Å²) in [7, 11) is 0. The van der Waals surface area contributed by atoms with E-state index in [0.29, 0.717) is 18.2 Å². The molecule has 0 atom stereocenters. The zero-order valence-electron chi connectivity index (χ0n) is 13.9. The van der Waals surface area contributed by atoms with Gasteiger partial charge in [0.05, 0.1) is 6.54 Å². The van der Waals surface area contributed by atoms with Crippen LogP contribution in [0.4, 0.5) is 10.1 Å². The number of rotatable bonds is 5. The maximum absolute atomic E-state index is 13.1. The summed E-state index contributed by atoms with van der Waals surface area (Å²) in [6.45, 7) is 5.19. The molecule has 6 heteroatoms. The number of nitrogens with one attached hydrogen (secondary N) is 1. The summed E-state index contributed by atoms with van der Waals surface area (Å²) in [5, 5.41) is 2.75. The Bertz CT molecular complexity index is 692. The van der Waals surface area contributed by atoms with Crippen LogP contribution in [0.15, 0.2) is 36.7 Å². The van der Waals surface area contributed by atoms with E-state index < -0.39 is 0 Å². The molecule has 128 valence electrons. The van der Waals surface area contributed by atoms with E-state index in [9.17, 15) is 9.18 Å². The molecule has 24 heavy (non-hydrogen) atoms. The second-order valence-electron chi connectivity index (χ2n) is 6.40. The van der Waals surface area contributed by atoms with Gasteiger partial charge in [-0.25, -0.2) is 9.37 Å². The standard InChI is InChI=1S/C18H23FN4O/c1-14-20-7-10-23(14)12-15-5-8-22(9-6-15)13-18(24)21-17-4-2-3-16(19)11-17/h2-4,7,10-11,15H,5-6,8-9,12-13H2,1H3,(H,21,24). The quantitative estimate of drug-likeness (QED) is 0.917. The molecule has 3 rings (SSSR count). The van der Waals surface area contributed by atoms with E-state index in [-0.39, 0.29) is 11.7 Å². The van der Waals surface area contributed by atoms with Gasteiger partial charge in [-0.15, -0.1) is 0 Å². The third kappa shape index (κ3) is 4.41. The van der Waals surface area contributed by atoms with Gasteiger partial charge < -0.3 is 9.88 Å². The largest absolute Gasteiger partial charge is 0.335 e. The van der Waals surface area contributed by atoms with Crippen LogP contribution in [0, 0.1) is 18.7 Å². The molecule has 2 aromatic rings. The average molecular weight is 330 g/mol. The Morgan fingerprint density at radius 1 is 1.38 bits per heavy atom. The third-order valence-electron chi connectivity index (χ3n) is 4.56. The van der Waals surface area contributed by atoms with Crippen LogP contribution in [0.5, 0.6) is 0 Å². The number of carbonyl (C=O) groups is 1. The molecule has 1 aliphatic rings. The molecule has 1 fully saturated rings. The summed E-state index contributed by atoms with van der Waals surface area (Å²) in [6, 6.07) is 5.98. The number of carbonyl (C=O) groups excluding carboxylic acids is 1. The molecule has 1 aliphatic heterocycles. The lowest BCUT2D eigenvalue weighted by Crippen LogP contribution is -2.40. The number of benzene rings is 1. The predicted octanol–water partition coefficient (Wildman–Crippen LogP) is 2.68. The first-order valence-corrected chi connectivity index (χ1v) is 8.35. The molecular formula is C18H23FN4O. The maximum Gasteiger partial charge on any atom is 0.238 e. The molecule has 1 aromatic heterocycles. The number of hydrogen-bond acceptors (Lipinski definition) is 3. The monoisotopic (exact) mass is 330 g/mol. The number of halogens is 1. The molecule has 0 radical (unpaired) electrons. The van der Waals surface area contributed by atoms with Crippen molar-refractivity contribution in [2.24, 2.45) is 5.92 Å². The fraction of sp³-hybridized carbons (Fsp3) is 0.444. The lowest BCUT2D eigenvalue weighted by atomic mass is 9.96. The van der Waals surface area contributed by atoms with Crippen molar-refractivity contribution in [3.05, 3.63) is 48.3 Å². The van der Waals surface area contributed by atoms with Gasteiger partial charge in [-0.05, 0) is 57.0 Å². The maximum atomic E-state index is 13.1. The van der Waals surface area contributed by atoms with Crippen LogP contribution in [0.3, 0.4) is 0 Å². The van der Waals surface area contributed by atoms with Crippen molar-refractivity contribution in [3.63, 3.8) is 0 Å². The fourth-order valence-corrected chi connectivity index (χ4v) is 3.17. The molecule has 0 spiro atoms. The fourth-order valence-electron chi connectivity index (χ4n) is 3.17. The molecule has 0 aliphatic carbocycles. The minimum atomic E-state index is -0.344. The van der Waals surface area contributed by atoms with Crippen molar-refractivity contribution in [2.75, 3.05) is 25.0 Å². The smallest absolute Gasteiger partial charge is 0.238 e. The van der Waals surface area contributed by atoms with Gasteiger partial charge in [0, 0.05) is 24.6 Å². The Kier molecular flexibility index (Phi) is 5.25. The van der Waals surface area contributed by atoms with Crippen LogP contribution >= 0.6 is 0 Å². The van der Waals surface area contributed by atoms with Gasteiger partial charge in [0.1, 0.15) is 11.6 Å². The summed E-state index contributed by atoms with van der Waals surface area (Å²) < 4.78 is 15.3. The van der Waals surface area contributed by atoms with E-state index in [1.165, 1.54) is 12.1 Å². The third-order valence-corrected chi connectivity index (χ3v) is 4.56. The van der Waals surface area contributed by atoms with E-state index in [1.54, 1.807) is 12.1 Å². The Hall–Kier alpha value is -2.21. The molecule has 2 heterocycles. The lowest BCUT2D eigenvalue weighted by Gasteiger charge is -2.31. The number of nitrogens with zero attached hydrogens (tertiary/aromatic N) is 3. The van der Waals surface area contributed by atoms with E-state index in [4.69, 9.17) is 0 Å². The number of aromatic nitrogens is 2. The summed E-state index contributed by atoms with van der Waals surface area (Å²) in [5.41, 5.74) is 0.505. The van der Waals surface area contributed by atoms with Crippen LogP contribution in [-0.2, 0) is 11.3 Å². The first kappa shape index (κ1) is 16.6. The normalized spacial score (nSPS) is 16.2. The highest BCUT2D eigenvalue weighted by atomic mass is 19.1. The number of hydrogen-bond donors (Lipinski definition) is 1. The van der Waals surface area contributed by atoms with Crippen molar-refractivity contribution in [1.82, 2.24) is 14.5 Å². The minimum Gasteiger partial charge on any atom is -0.335 e. The number of likely N-dealkylation sites (tertiary alicyclic amines) is 1. The first-order chi connectivity index (χ1) is 11.6. The van der Waals surface area contributed by atoms with E-state index in [2.05, 4.69) is 19.8 Å². The molecule has 1 amide bonds. The molecule has 1 aromatic carbocycles. The van der Waals surface area contributed by atoms with Crippen molar-refractivity contribution < 1.29 is 9.18 Å². The highest BCUT2D eigenvalue weighted by molar-refractivity contribution is 5.92. The van der Waals surface area contributed by atoms with Crippen LogP contribution in [0.25, 0.3) is 0 Å². The van der Waals surface area contributed by atoms with Gasteiger partial charge in [0.25, 0.3) is 0 Å². The molecule has 0 saturated carbocycles.